The molecule has 0 atom stereocenters. The molecule has 0 aliphatic heterocycles. The van der Waals surface area contributed by atoms with Gasteiger partial charge in [-0.25, -0.2) is 4.79 Å². The molecule has 0 aromatic heterocycles. The van der Waals surface area contributed by atoms with E-state index in [1.165, 1.54) is 0 Å². The monoisotopic (exact) mass is 218 g/mol. The van der Waals surface area contributed by atoms with Crippen LogP contribution in [0, 0.1) is 0 Å². The molecule has 16 heavy (non-hydrogen) atoms. The number of nitrogens with one attached hydrogen (secondary N) is 1. The van der Waals surface area contributed by atoms with Crippen molar-refractivity contribution in [1.82, 2.24) is 10.2 Å². The van der Waals surface area contributed by atoms with Crippen molar-refractivity contribution in [2.75, 3.05) is 13.1 Å². The zero-order valence-corrected chi connectivity index (χ0v) is 9.65. The molecule has 3 nitrogen and oxygen atoms in total. The summed E-state index contributed by atoms with van der Waals surface area (Å²) in [5.74, 6) is 0. The van der Waals surface area contributed by atoms with E-state index in [2.05, 4.69) is 11.9 Å². The van der Waals surface area contributed by atoms with Crippen LogP contribution in [0.25, 0.3) is 0 Å². The van der Waals surface area contributed by atoms with Crippen molar-refractivity contribution < 1.29 is 4.79 Å². The SMILES string of the molecule is C=CCN(Cc1ccccc1)C(=O)NCC. The van der Waals surface area contributed by atoms with Crippen LogP contribution in [0.3, 0.4) is 0 Å². The number of hydrogen-bond acceptors (Lipinski definition) is 1. The summed E-state index contributed by atoms with van der Waals surface area (Å²) < 4.78 is 0. The molecule has 86 valence electrons. The molecule has 0 aliphatic rings. The first-order valence-corrected chi connectivity index (χ1v) is 5.45. The Labute approximate surface area is 96.8 Å². The molecule has 0 fully saturated rings. The van der Waals surface area contributed by atoms with E-state index in [1.54, 1.807) is 11.0 Å². The van der Waals surface area contributed by atoms with Crippen LogP contribution < -0.4 is 5.32 Å². The minimum absolute atomic E-state index is 0.0498. The Bertz CT molecular complexity index is 335. The zero-order chi connectivity index (χ0) is 11.8. The summed E-state index contributed by atoms with van der Waals surface area (Å²) in [5, 5.41) is 2.79. The first-order valence-electron chi connectivity index (χ1n) is 5.45. The van der Waals surface area contributed by atoms with Gasteiger partial charge in [-0.1, -0.05) is 36.4 Å². The van der Waals surface area contributed by atoms with E-state index >= 15 is 0 Å². The second-order valence-corrected chi connectivity index (χ2v) is 3.49. The Hall–Kier alpha value is -1.77. The molecule has 1 aromatic rings. The summed E-state index contributed by atoms with van der Waals surface area (Å²) in [5.41, 5.74) is 1.12. The Morgan fingerprint density at radius 1 is 1.44 bits per heavy atom. The molecule has 1 rings (SSSR count). The number of nitrogens with zero attached hydrogens (tertiary/aromatic N) is 1. The van der Waals surface area contributed by atoms with Crippen molar-refractivity contribution in [3.8, 4) is 0 Å². The highest BCUT2D eigenvalue weighted by Crippen LogP contribution is 2.04. The number of carbonyl (C=O) groups is 1. The lowest BCUT2D eigenvalue weighted by atomic mass is 10.2. The minimum Gasteiger partial charge on any atom is -0.338 e. The predicted octanol–water partition coefficient (Wildman–Crippen LogP) is 2.40. The van der Waals surface area contributed by atoms with E-state index in [9.17, 15) is 4.79 Å². The van der Waals surface area contributed by atoms with Crippen LogP contribution in [0.1, 0.15) is 12.5 Å². The van der Waals surface area contributed by atoms with Gasteiger partial charge >= 0.3 is 6.03 Å². The van der Waals surface area contributed by atoms with Crippen LogP contribution in [-0.4, -0.2) is 24.0 Å². The van der Waals surface area contributed by atoms with Crippen molar-refractivity contribution >= 4 is 6.03 Å². The Balaban J connectivity index is 2.64. The topological polar surface area (TPSA) is 32.3 Å². The summed E-state index contributed by atoms with van der Waals surface area (Å²) >= 11 is 0. The van der Waals surface area contributed by atoms with E-state index in [1.807, 2.05) is 37.3 Å². The molecule has 0 saturated heterocycles. The smallest absolute Gasteiger partial charge is 0.317 e. The van der Waals surface area contributed by atoms with E-state index < -0.39 is 0 Å². The number of benzene rings is 1. The lowest BCUT2D eigenvalue weighted by molar-refractivity contribution is 0.201. The van der Waals surface area contributed by atoms with Gasteiger partial charge in [-0.2, -0.15) is 0 Å². The molecule has 1 aromatic carbocycles. The summed E-state index contributed by atoms with van der Waals surface area (Å²) in [6.07, 6.45) is 1.73. The maximum absolute atomic E-state index is 11.7. The molecular formula is C13H18N2O. The average Bonchev–Trinajstić information content (AvgIpc) is 2.30. The molecule has 0 radical (unpaired) electrons. The predicted molar refractivity (Wildman–Crippen MR) is 66.1 cm³/mol. The van der Waals surface area contributed by atoms with Gasteiger partial charge in [-0.3, -0.25) is 0 Å². The number of carbonyl (C=O) groups excluding carboxylic acids is 1. The fraction of sp³-hybridized carbons (Fsp3) is 0.308. The fourth-order valence-corrected chi connectivity index (χ4v) is 1.44. The first-order chi connectivity index (χ1) is 7.77. The van der Waals surface area contributed by atoms with Crippen LogP contribution >= 0.6 is 0 Å². The van der Waals surface area contributed by atoms with Crippen molar-refractivity contribution in [2.24, 2.45) is 0 Å². The summed E-state index contributed by atoms with van der Waals surface area (Å²) in [6, 6.07) is 9.88. The Kier molecular flexibility index (Phi) is 5.12. The summed E-state index contributed by atoms with van der Waals surface area (Å²) in [6.45, 7) is 7.38. The number of urea groups is 1. The molecule has 0 heterocycles. The minimum atomic E-state index is -0.0498. The lowest BCUT2D eigenvalue weighted by Gasteiger charge is -2.21. The van der Waals surface area contributed by atoms with E-state index in [0.29, 0.717) is 19.6 Å². The van der Waals surface area contributed by atoms with E-state index in [-0.39, 0.29) is 6.03 Å². The average molecular weight is 218 g/mol. The third-order valence-corrected chi connectivity index (χ3v) is 2.18. The molecule has 0 spiro atoms. The van der Waals surface area contributed by atoms with Gasteiger partial charge in [0, 0.05) is 19.6 Å². The third kappa shape index (κ3) is 3.77. The molecular weight excluding hydrogens is 200 g/mol. The van der Waals surface area contributed by atoms with Gasteiger partial charge in [0.2, 0.25) is 0 Å². The number of amides is 2. The maximum Gasteiger partial charge on any atom is 0.317 e. The Morgan fingerprint density at radius 3 is 2.69 bits per heavy atom. The lowest BCUT2D eigenvalue weighted by Crippen LogP contribution is -2.39. The van der Waals surface area contributed by atoms with Gasteiger partial charge in [0.25, 0.3) is 0 Å². The molecule has 3 heteroatoms. The largest absolute Gasteiger partial charge is 0.338 e. The molecule has 0 bridgehead atoms. The van der Waals surface area contributed by atoms with Crippen molar-refractivity contribution in [3.63, 3.8) is 0 Å². The molecule has 1 N–H and O–H groups in total. The van der Waals surface area contributed by atoms with Crippen LogP contribution in [0.4, 0.5) is 4.79 Å². The van der Waals surface area contributed by atoms with Crippen molar-refractivity contribution in [3.05, 3.63) is 48.6 Å². The second kappa shape index (κ2) is 6.67. The van der Waals surface area contributed by atoms with Gasteiger partial charge in [0.05, 0.1) is 0 Å². The van der Waals surface area contributed by atoms with Gasteiger partial charge in [0.15, 0.2) is 0 Å². The summed E-state index contributed by atoms with van der Waals surface area (Å²) in [4.78, 5) is 13.4. The highest BCUT2D eigenvalue weighted by Gasteiger charge is 2.10. The summed E-state index contributed by atoms with van der Waals surface area (Å²) in [7, 11) is 0. The van der Waals surface area contributed by atoms with Crippen LogP contribution in [0.5, 0.6) is 0 Å². The maximum atomic E-state index is 11.7. The normalized spacial score (nSPS) is 9.56. The van der Waals surface area contributed by atoms with Gasteiger partial charge in [-0.15, -0.1) is 6.58 Å². The van der Waals surface area contributed by atoms with E-state index in [0.717, 1.165) is 5.56 Å². The van der Waals surface area contributed by atoms with Gasteiger partial charge in [-0.05, 0) is 12.5 Å². The zero-order valence-electron chi connectivity index (χ0n) is 9.65. The Morgan fingerprint density at radius 2 is 2.12 bits per heavy atom. The fourth-order valence-electron chi connectivity index (χ4n) is 1.44. The van der Waals surface area contributed by atoms with Crippen LogP contribution in [-0.2, 0) is 6.54 Å². The molecule has 0 unspecified atom stereocenters. The van der Waals surface area contributed by atoms with E-state index in [4.69, 9.17) is 0 Å². The third-order valence-electron chi connectivity index (χ3n) is 2.18. The van der Waals surface area contributed by atoms with Crippen molar-refractivity contribution in [1.29, 1.82) is 0 Å². The van der Waals surface area contributed by atoms with Crippen LogP contribution in [0.15, 0.2) is 43.0 Å². The highest BCUT2D eigenvalue weighted by atomic mass is 16.2. The molecule has 0 saturated carbocycles. The molecule has 2 amide bonds. The first kappa shape index (κ1) is 12.3. The number of hydrogen-bond donors (Lipinski definition) is 1. The van der Waals surface area contributed by atoms with Crippen LogP contribution in [0.2, 0.25) is 0 Å². The van der Waals surface area contributed by atoms with Gasteiger partial charge < -0.3 is 10.2 Å². The van der Waals surface area contributed by atoms with Crippen molar-refractivity contribution in [2.45, 2.75) is 13.5 Å². The highest BCUT2D eigenvalue weighted by molar-refractivity contribution is 5.74. The quantitative estimate of drug-likeness (QED) is 0.756. The molecule has 0 aliphatic carbocycles. The van der Waals surface area contributed by atoms with Gasteiger partial charge in [0.1, 0.15) is 0 Å². The standard InChI is InChI=1S/C13H18N2O/c1-3-10-15(13(16)14-4-2)11-12-8-6-5-7-9-12/h3,5-9H,1,4,10-11H2,2H3,(H,14,16). The second-order valence-electron chi connectivity index (χ2n) is 3.49. The number of rotatable bonds is 5.